The quantitative estimate of drug-likeness (QED) is 0.772. The number of carbonyl (C=O) groups excluding carboxylic acids is 1. The van der Waals surface area contributed by atoms with Crippen molar-refractivity contribution >= 4 is 21.9 Å². The van der Waals surface area contributed by atoms with E-state index < -0.39 is 0 Å². The molecular formula is C15H22BrNO3. The van der Waals surface area contributed by atoms with E-state index in [1.165, 1.54) is 7.11 Å². The predicted octanol–water partition coefficient (Wildman–Crippen LogP) is 3.14. The molecule has 0 fully saturated rings. The number of benzene rings is 1. The van der Waals surface area contributed by atoms with Gasteiger partial charge in [0.1, 0.15) is 11.8 Å². The number of methoxy groups -OCH3 is 2. The molecule has 1 N–H and O–H groups in total. The van der Waals surface area contributed by atoms with Crippen LogP contribution < -0.4 is 10.1 Å². The van der Waals surface area contributed by atoms with Gasteiger partial charge in [0, 0.05) is 16.6 Å². The number of esters is 1. The first-order chi connectivity index (χ1) is 9.47. The van der Waals surface area contributed by atoms with E-state index in [0.717, 1.165) is 22.2 Å². The zero-order valence-corrected chi connectivity index (χ0v) is 14.0. The second-order valence-corrected chi connectivity index (χ2v) is 5.96. The standard InChI is InChI=1S/C15H22BrNO3/c1-10(2)7-13(15(18)20-4)17-9-11-8-12(16)5-6-14(11)19-3/h5-6,8,10,13,17H,7,9H2,1-4H3. The molecule has 20 heavy (non-hydrogen) atoms. The highest BCUT2D eigenvalue weighted by Gasteiger charge is 2.20. The fourth-order valence-electron chi connectivity index (χ4n) is 2.00. The van der Waals surface area contributed by atoms with Crippen molar-refractivity contribution in [3.63, 3.8) is 0 Å². The Hall–Kier alpha value is -1.07. The molecule has 0 amide bonds. The average Bonchev–Trinajstić information content (AvgIpc) is 2.42. The van der Waals surface area contributed by atoms with Crippen LogP contribution in [0.2, 0.25) is 0 Å². The minimum atomic E-state index is -0.302. The maximum atomic E-state index is 11.8. The summed E-state index contributed by atoms with van der Waals surface area (Å²) in [6.45, 7) is 4.71. The third kappa shape index (κ3) is 5.13. The van der Waals surface area contributed by atoms with Crippen LogP contribution in [0.5, 0.6) is 5.75 Å². The van der Waals surface area contributed by atoms with Crippen molar-refractivity contribution < 1.29 is 14.3 Å². The highest BCUT2D eigenvalue weighted by Crippen LogP contribution is 2.23. The predicted molar refractivity (Wildman–Crippen MR) is 82.8 cm³/mol. The van der Waals surface area contributed by atoms with Crippen molar-refractivity contribution in [3.8, 4) is 5.75 Å². The summed E-state index contributed by atoms with van der Waals surface area (Å²) < 4.78 is 11.1. The minimum Gasteiger partial charge on any atom is -0.496 e. The molecule has 0 saturated carbocycles. The van der Waals surface area contributed by atoms with Gasteiger partial charge in [-0.25, -0.2) is 0 Å². The molecule has 1 aromatic carbocycles. The van der Waals surface area contributed by atoms with E-state index in [1.807, 2.05) is 18.2 Å². The third-order valence-electron chi connectivity index (χ3n) is 2.97. The third-order valence-corrected chi connectivity index (χ3v) is 3.47. The Morgan fingerprint density at radius 3 is 2.60 bits per heavy atom. The average molecular weight is 344 g/mol. The molecule has 0 saturated heterocycles. The number of hydrogen-bond donors (Lipinski definition) is 1. The molecule has 0 aliphatic rings. The zero-order valence-electron chi connectivity index (χ0n) is 12.4. The fourth-order valence-corrected chi connectivity index (χ4v) is 2.40. The number of rotatable bonds is 7. The van der Waals surface area contributed by atoms with Gasteiger partial charge in [-0.05, 0) is 30.5 Å². The van der Waals surface area contributed by atoms with Gasteiger partial charge in [0.05, 0.1) is 14.2 Å². The Morgan fingerprint density at radius 2 is 2.05 bits per heavy atom. The molecule has 5 heteroatoms. The molecule has 0 spiro atoms. The normalized spacial score (nSPS) is 12.3. The summed E-state index contributed by atoms with van der Waals surface area (Å²) in [6.07, 6.45) is 0.739. The summed E-state index contributed by atoms with van der Waals surface area (Å²) in [5, 5.41) is 3.24. The van der Waals surface area contributed by atoms with Crippen LogP contribution >= 0.6 is 15.9 Å². The van der Waals surface area contributed by atoms with Gasteiger partial charge in [-0.2, -0.15) is 0 Å². The number of halogens is 1. The summed E-state index contributed by atoms with van der Waals surface area (Å²) in [7, 11) is 3.05. The second kappa shape index (κ2) is 8.27. The zero-order chi connectivity index (χ0) is 15.1. The number of ether oxygens (including phenoxy) is 2. The van der Waals surface area contributed by atoms with Gasteiger partial charge in [0.15, 0.2) is 0 Å². The first-order valence-corrected chi connectivity index (χ1v) is 7.40. The molecule has 1 atom stereocenters. The Bertz CT molecular complexity index is 449. The topological polar surface area (TPSA) is 47.6 Å². The minimum absolute atomic E-state index is 0.229. The molecule has 0 bridgehead atoms. The van der Waals surface area contributed by atoms with Crippen molar-refractivity contribution in [2.24, 2.45) is 5.92 Å². The van der Waals surface area contributed by atoms with Gasteiger partial charge in [-0.15, -0.1) is 0 Å². The molecule has 1 rings (SSSR count). The molecule has 1 unspecified atom stereocenters. The SMILES string of the molecule is COC(=O)C(CC(C)C)NCc1cc(Br)ccc1OC. The molecule has 0 aromatic heterocycles. The number of carbonyl (C=O) groups is 1. The molecule has 112 valence electrons. The lowest BCUT2D eigenvalue weighted by Crippen LogP contribution is -2.38. The molecule has 0 heterocycles. The number of nitrogens with one attached hydrogen (secondary N) is 1. The largest absolute Gasteiger partial charge is 0.496 e. The van der Waals surface area contributed by atoms with Crippen LogP contribution in [0.15, 0.2) is 22.7 Å². The summed E-state index contributed by atoms with van der Waals surface area (Å²) in [5.41, 5.74) is 1.000. The van der Waals surface area contributed by atoms with Crippen molar-refractivity contribution in [1.29, 1.82) is 0 Å². The summed E-state index contributed by atoms with van der Waals surface area (Å²) >= 11 is 3.44. The summed E-state index contributed by atoms with van der Waals surface area (Å²) in [5.74, 6) is 0.984. The maximum Gasteiger partial charge on any atom is 0.322 e. The Labute approximate surface area is 129 Å². The van der Waals surface area contributed by atoms with Crippen molar-refractivity contribution in [3.05, 3.63) is 28.2 Å². The van der Waals surface area contributed by atoms with Gasteiger partial charge in [0.2, 0.25) is 0 Å². The first kappa shape index (κ1) is 17.0. The molecular weight excluding hydrogens is 322 g/mol. The molecule has 0 aliphatic carbocycles. The van der Waals surface area contributed by atoms with Crippen LogP contribution in [0.4, 0.5) is 0 Å². The Balaban J connectivity index is 2.76. The van der Waals surface area contributed by atoms with Crippen molar-refractivity contribution in [2.45, 2.75) is 32.9 Å². The Kier molecular flexibility index (Phi) is 7.02. The second-order valence-electron chi connectivity index (χ2n) is 5.04. The van der Waals surface area contributed by atoms with E-state index in [-0.39, 0.29) is 12.0 Å². The van der Waals surface area contributed by atoms with E-state index in [9.17, 15) is 4.79 Å². The van der Waals surface area contributed by atoms with E-state index in [1.54, 1.807) is 7.11 Å². The highest BCUT2D eigenvalue weighted by atomic mass is 79.9. The molecule has 0 aliphatic heterocycles. The van der Waals surface area contributed by atoms with Crippen LogP contribution in [0.1, 0.15) is 25.8 Å². The Morgan fingerprint density at radius 1 is 1.35 bits per heavy atom. The monoisotopic (exact) mass is 343 g/mol. The van der Waals surface area contributed by atoms with Gasteiger partial charge < -0.3 is 14.8 Å². The van der Waals surface area contributed by atoms with E-state index >= 15 is 0 Å². The van der Waals surface area contributed by atoms with Crippen LogP contribution in [0.25, 0.3) is 0 Å². The van der Waals surface area contributed by atoms with Crippen molar-refractivity contribution in [1.82, 2.24) is 5.32 Å². The molecule has 4 nitrogen and oxygen atoms in total. The lowest BCUT2D eigenvalue weighted by atomic mass is 10.0. The van der Waals surface area contributed by atoms with Gasteiger partial charge in [0.25, 0.3) is 0 Å². The van der Waals surface area contributed by atoms with E-state index in [4.69, 9.17) is 9.47 Å². The van der Waals surface area contributed by atoms with Crippen LogP contribution in [-0.4, -0.2) is 26.2 Å². The van der Waals surface area contributed by atoms with Gasteiger partial charge in [-0.1, -0.05) is 29.8 Å². The number of hydrogen-bond acceptors (Lipinski definition) is 4. The van der Waals surface area contributed by atoms with Gasteiger partial charge in [-0.3, -0.25) is 4.79 Å². The summed E-state index contributed by atoms with van der Waals surface area (Å²) in [6, 6.07) is 5.50. The molecule has 1 aromatic rings. The van der Waals surface area contributed by atoms with E-state index in [2.05, 4.69) is 35.1 Å². The van der Waals surface area contributed by atoms with Gasteiger partial charge >= 0.3 is 5.97 Å². The van der Waals surface area contributed by atoms with Crippen LogP contribution in [-0.2, 0) is 16.1 Å². The first-order valence-electron chi connectivity index (χ1n) is 6.61. The highest BCUT2D eigenvalue weighted by molar-refractivity contribution is 9.10. The smallest absolute Gasteiger partial charge is 0.322 e. The van der Waals surface area contributed by atoms with Crippen molar-refractivity contribution in [2.75, 3.05) is 14.2 Å². The molecule has 0 radical (unpaired) electrons. The van der Waals surface area contributed by atoms with E-state index in [0.29, 0.717) is 12.5 Å². The lowest BCUT2D eigenvalue weighted by Gasteiger charge is -2.19. The maximum absolute atomic E-state index is 11.8. The lowest BCUT2D eigenvalue weighted by molar-refractivity contribution is -0.143. The van der Waals surface area contributed by atoms with Crippen LogP contribution in [0, 0.1) is 5.92 Å². The summed E-state index contributed by atoms with van der Waals surface area (Å²) in [4.78, 5) is 11.8. The van der Waals surface area contributed by atoms with Crippen LogP contribution in [0.3, 0.4) is 0 Å². The fraction of sp³-hybridized carbons (Fsp3) is 0.533.